The number of carbonyl (C=O) groups excluding carboxylic acids is 3. The highest BCUT2D eigenvalue weighted by Crippen LogP contribution is 2.53. The Morgan fingerprint density at radius 2 is 1.84 bits per heavy atom. The third-order valence-electron chi connectivity index (χ3n) is 9.31. The molecule has 4 N–H and O–H groups in total. The number of carbonyl (C=O) groups is 3. The summed E-state index contributed by atoms with van der Waals surface area (Å²) in [6.07, 6.45) is 1.10. The maximum atomic E-state index is 13.7. The van der Waals surface area contributed by atoms with Crippen LogP contribution in [0.1, 0.15) is 56.8 Å². The Bertz CT molecular complexity index is 1310. The van der Waals surface area contributed by atoms with E-state index in [4.69, 9.17) is 10.5 Å². The van der Waals surface area contributed by atoms with Crippen molar-refractivity contribution in [2.75, 3.05) is 20.7 Å². The van der Waals surface area contributed by atoms with Crippen LogP contribution in [0.5, 0.6) is 11.5 Å². The first-order chi connectivity index (χ1) is 17.9. The number of likely N-dealkylation sites (N-methyl/N-ethyl adjacent to an activating group) is 1. The number of fused-ring (bicyclic) bond motifs is 6. The van der Waals surface area contributed by atoms with Crippen LogP contribution in [0.25, 0.3) is 0 Å². The number of amides is 1. The Morgan fingerprint density at radius 3 is 2.47 bits per heavy atom. The summed E-state index contributed by atoms with van der Waals surface area (Å²) in [6, 6.07) is 0.601. The minimum Gasteiger partial charge on any atom is -0.504 e. The molecule has 0 aromatic heterocycles. The van der Waals surface area contributed by atoms with E-state index in [1.54, 1.807) is 27.9 Å². The lowest BCUT2D eigenvalue weighted by Crippen LogP contribution is -2.71. The SMILES string of the molecule is COc1c(C)cc2c(c1O)[C@@H]1[C@@H]3CC4=C(C(=O)C(C)=C(C)C4=O)[C@H](CNC(=O)[C@H](C)N)N3[C@@H](C)[C@@H](C2)N1C. The van der Waals surface area contributed by atoms with Crippen LogP contribution in [0.3, 0.4) is 0 Å². The number of piperazine rings is 1. The van der Waals surface area contributed by atoms with E-state index in [0.717, 1.165) is 23.1 Å². The van der Waals surface area contributed by atoms with Gasteiger partial charge in [0.05, 0.1) is 25.2 Å². The van der Waals surface area contributed by atoms with Crippen LogP contribution < -0.4 is 15.8 Å². The second kappa shape index (κ2) is 9.32. The van der Waals surface area contributed by atoms with Gasteiger partial charge in [0.1, 0.15) is 0 Å². The van der Waals surface area contributed by atoms with E-state index in [0.29, 0.717) is 34.5 Å². The number of hydrogen-bond acceptors (Lipinski definition) is 8. The lowest BCUT2D eigenvalue weighted by molar-refractivity contribution is -0.124. The molecule has 1 aliphatic carbocycles. The van der Waals surface area contributed by atoms with Crippen molar-refractivity contribution in [1.82, 2.24) is 15.1 Å². The standard InChI is InChI=1S/C29H38N4O5/c1-12-8-17-9-19-16(5)33-20(24(32(19)6)22(17)27(36)28(12)38-7)10-18-23(21(33)11-31-29(37)15(4)30)26(35)14(3)13(2)25(18)34/h8,15-16,19-21,24,36H,9-11,30H2,1-7H3,(H,31,37)/t15-,16-,19+,20-,21-,24-/m0/s1. The summed E-state index contributed by atoms with van der Waals surface area (Å²) in [5.41, 5.74) is 10.5. The number of nitrogens with one attached hydrogen (secondary N) is 1. The Kier molecular flexibility index (Phi) is 6.52. The number of aryl methyl sites for hydroxylation is 1. The number of methoxy groups -OCH3 is 1. The summed E-state index contributed by atoms with van der Waals surface area (Å²) in [4.78, 5) is 44.4. The van der Waals surface area contributed by atoms with Gasteiger partial charge in [-0.2, -0.15) is 0 Å². The summed E-state index contributed by atoms with van der Waals surface area (Å²) in [5.74, 6) is 0.0340. The molecular weight excluding hydrogens is 484 g/mol. The van der Waals surface area contributed by atoms with Crippen molar-refractivity contribution in [3.8, 4) is 11.5 Å². The first-order valence-electron chi connectivity index (χ1n) is 13.3. The molecule has 38 heavy (non-hydrogen) atoms. The fourth-order valence-electron chi connectivity index (χ4n) is 7.28. The lowest BCUT2D eigenvalue weighted by atomic mass is 9.69. The molecule has 9 heteroatoms. The van der Waals surface area contributed by atoms with E-state index in [1.165, 1.54) is 0 Å². The first-order valence-corrected chi connectivity index (χ1v) is 13.3. The number of Topliss-reactive ketones (excluding diaryl/α,β-unsaturated/α-hetero) is 2. The monoisotopic (exact) mass is 522 g/mol. The van der Waals surface area contributed by atoms with Crippen molar-refractivity contribution in [1.29, 1.82) is 0 Å². The number of nitrogens with two attached hydrogens (primary N) is 1. The third-order valence-corrected chi connectivity index (χ3v) is 9.31. The number of nitrogens with zero attached hydrogens (tertiary/aromatic N) is 2. The number of phenols is 1. The van der Waals surface area contributed by atoms with Crippen molar-refractivity contribution in [3.63, 3.8) is 0 Å². The highest BCUT2D eigenvalue weighted by Gasteiger charge is 2.56. The molecule has 1 amide bonds. The highest BCUT2D eigenvalue weighted by atomic mass is 16.5. The van der Waals surface area contributed by atoms with Gasteiger partial charge >= 0.3 is 0 Å². The summed E-state index contributed by atoms with van der Waals surface area (Å²) in [7, 11) is 3.62. The molecule has 3 aliphatic heterocycles. The predicted octanol–water partition coefficient (Wildman–Crippen LogP) is 1.70. The average molecular weight is 523 g/mol. The maximum absolute atomic E-state index is 13.7. The van der Waals surface area contributed by atoms with Crippen LogP contribution in [0.2, 0.25) is 0 Å². The highest BCUT2D eigenvalue weighted by molar-refractivity contribution is 6.25. The minimum absolute atomic E-state index is 0.0143. The number of rotatable bonds is 4. The largest absolute Gasteiger partial charge is 0.504 e. The fraction of sp³-hybridized carbons (Fsp3) is 0.552. The van der Waals surface area contributed by atoms with Crippen LogP contribution in [0.15, 0.2) is 28.4 Å². The van der Waals surface area contributed by atoms with Crippen LogP contribution in [0, 0.1) is 6.92 Å². The quantitative estimate of drug-likeness (QED) is 0.511. The van der Waals surface area contributed by atoms with Gasteiger partial charge < -0.3 is 20.9 Å². The molecular formula is C29H38N4O5. The molecule has 6 atom stereocenters. The van der Waals surface area contributed by atoms with E-state index in [-0.39, 0.29) is 53.9 Å². The Balaban J connectivity index is 1.69. The minimum atomic E-state index is -0.695. The van der Waals surface area contributed by atoms with Crippen LogP contribution in [-0.2, 0) is 20.8 Å². The van der Waals surface area contributed by atoms with Crippen molar-refractivity contribution in [3.05, 3.63) is 45.0 Å². The third kappa shape index (κ3) is 3.66. The molecule has 1 fully saturated rings. The molecule has 0 saturated carbocycles. The number of ketones is 2. The van der Waals surface area contributed by atoms with Crippen molar-refractivity contribution < 1.29 is 24.2 Å². The van der Waals surface area contributed by atoms with Crippen LogP contribution in [-0.4, -0.2) is 83.3 Å². The van der Waals surface area contributed by atoms with Gasteiger partial charge in [-0.15, -0.1) is 0 Å². The van der Waals surface area contributed by atoms with Gasteiger partial charge in [0.15, 0.2) is 23.1 Å². The maximum Gasteiger partial charge on any atom is 0.236 e. The zero-order valence-electron chi connectivity index (χ0n) is 23.2. The summed E-state index contributed by atoms with van der Waals surface area (Å²) in [6.45, 7) is 9.29. The average Bonchev–Trinajstić information content (AvgIpc) is 2.87. The van der Waals surface area contributed by atoms with Gasteiger partial charge in [0.25, 0.3) is 0 Å². The Morgan fingerprint density at radius 1 is 1.18 bits per heavy atom. The zero-order valence-corrected chi connectivity index (χ0v) is 23.2. The summed E-state index contributed by atoms with van der Waals surface area (Å²) >= 11 is 0. The van der Waals surface area contributed by atoms with E-state index >= 15 is 0 Å². The molecule has 0 radical (unpaired) electrons. The van der Waals surface area contributed by atoms with Crippen molar-refractivity contribution in [2.45, 2.75) is 83.7 Å². The lowest BCUT2D eigenvalue weighted by Gasteiger charge is -2.61. The molecule has 5 rings (SSSR count). The van der Waals surface area contributed by atoms with Crippen molar-refractivity contribution >= 4 is 17.5 Å². The van der Waals surface area contributed by atoms with E-state index in [9.17, 15) is 19.5 Å². The van der Waals surface area contributed by atoms with Gasteiger partial charge in [-0.05, 0) is 65.6 Å². The second-order valence-electron chi connectivity index (χ2n) is 11.3. The van der Waals surface area contributed by atoms with Gasteiger partial charge in [0, 0.05) is 52.5 Å². The van der Waals surface area contributed by atoms with Gasteiger partial charge in [-0.25, -0.2) is 0 Å². The summed E-state index contributed by atoms with van der Waals surface area (Å²) in [5, 5.41) is 14.4. The molecule has 0 spiro atoms. The first kappa shape index (κ1) is 26.6. The zero-order chi connectivity index (χ0) is 27.8. The summed E-state index contributed by atoms with van der Waals surface area (Å²) < 4.78 is 5.57. The Labute approximate surface area is 223 Å². The number of hydrogen-bond donors (Lipinski definition) is 3. The van der Waals surface area contributed by atoms with Gasteiger partial charge in [-0.3, -0.25) is 24.2 Å². The topological polar surface area (TPSA) is 125 Å². The normalized spacial score (nSPS) is 30.1. The molecule has 0 unspecified atom stereocenters. The molecule has 1 aromatic carbocycles. The smallest absolute Gasteiger partial charge is 0.236 e. The molecule has 9 nitrogen and oxygen atoms in total. The second-order valence-corrected chi connectivity index (χ2v) is 11.3. The number of ether oxygens (including phenoxy) is 1. The Hall–Kier alpha value is -3.01. The predicted molar refractivity (Wildman–Crippen MR) is 143 cm³/mol. The number of aromatic hydroxyl groups is 1. The number of allylic oxidation sites excluding steroid dienone is 2. The molecule has 3 heterocycles. The van der Waals surface area contributed by atoms with Crippen molar-refractivity contribution in [2.24, 2.45) is 5.73 Å². The van der Waals surface area contributed by atoms with E-state index in [1.807, 2.05) is 6.92 Å². The molecule has 4 aliphatic rings. The number of phenolic OH excluding ortho intramolecular Hbond substituents is 1. The molecule has 1 saturated heterocycles. The van der Waals surface area contributed by atoms with Crippen LogP contribution >= 0.6 is 0 Å². The fourth-order valence-corrected chi connectivity index (χ4v) is 7.28. The molecule has 1 aromatic rings. The van der Waals surface area contributed by atoms with E-state index < -0.39 is 12.1 Å². The van der Waals surface area contributed by atoms with Gasteiger partial charge in [-0.1, -0.05) is 6.07 Å². The number of benzene rings is 1. The van der Waals surface area contributed by atoms with Crippen LogP contribution in [0.4, 0.5) is 0 Å². The van der Waals surface area contributed by atoms with E-state index in [2.05, 4.69) is 35.2 Å². The van der Waals surface area contributed by atoms with Gasteiger partial charge in [0.2, 0.25) is 5.91 Å². The molecule has 204 valence electrons. The molecule has 2 bridgehead atoms.